The van der Waals surface area contributed by atoms with Crippen LogP contribution in [0.15, 0.2) is 45.8 Å². The molecule has 2 heterocycles. The van der Waals surface area contributed by atoms with Crippen molar-refractivity contribution in [2.45, 2.75) is 13.5 Å². The Hall–Kier alpha value is -2.56. The van der Waals surface area contributed by atoms with E-state index in [4.69, 9.17) is 4.42 Å². The van der Waals surface area contributed by atoms with Gasteiger partial charge in [-0.3, -0.25) is 9.36 Å². The molecule has 0 aliphatic carbocycles. The van der Waals surface area contributed by atoms with Crippen LogP contribution in [0, 0.1) is 0 Å². The van der Waals surface area contributed by atoms with E-state index in [9.17, 15) is 9.59 Å². The number of rotatable bonds is 3. The molecule has 5 heteroatoms. The first-order valence-electron chi connectivity index (χ1n) is 5.91. The van der Waals surface area contributed by atoms with Crippen molar-refractivity contribution in [1.29, 1.82) is 0 Å². The van der Waals surface area contributed by atoms with Gasteiger partial charge in [-0.1, -0.05) is 0 Å². The van der Waals surface area contributed by atoms with Gasteiger partial charge in [-0.25, -0.2) is 4.79 Å². The molecule has 0 fully saturated rings. The minimum Gasteiger partial charge on any atom is -0.467 e. The summed E-state index contributed by atoms with van der Waals surface area (Å²) in [7, 11) is 0. The SMILES string of the molecule is CC(=O)c1ccc2[nH]c(=O)n(Cc3ccco3)c2c1. The molecule has 0 saturated heterocycles. The average molecular weight is 256 g/mol. The lowest BCUT2D eigenvalue weighted by molar-refractivity contribution is 0.101. The number of carbonyl (C=O) groups excluding carboxylic acids is 1. The van der Waals surface area contributed by atoms with Crippen LogP contribution in [0.1, 0.15) is 23.0 Å². The van der Waals surface area contributed by atoms with Crippen molar-refractivity contribution in [3.8, 4) is 0 Å². The molecule has 2 aromatic heterocycles. The summed E-state index contributed by atoms with van der Waals surface area (Å²) in [6, 6.07) is 8.75. The van der Waals surface area contributed by atoms with Gasteiger partial charge in [0.25, 0.3) is 0 Å². The quantitative estimate of drug-likeness (QED) is 0.730. The number of Topliss-reactive ketones (excluding diaryl/α,β-unsaturated/α-hetero) is 1. The molecular formula is C14H12N2O3. The van der Waals surface area contributed by atoms with E-state index < -0.39 is 0 Å². The summed E-state index contributed by atoms with van der Waals surface area (Å²) in [5, 5.41) is 0. The molecule has 5 nitrogen and oxygen atoms in total. The van der Waals surface area contributed by atoms with Gasteiger partial charge >= 0.3 is 5.69 Å². The highest BCUT2D eigenvalue weighted by Gasteiger charge is 2.10. The van der Waals surface area contributed by atoms with E-state index in [0.29, 0.717) is 28.9 Å². The van der Waals surface area contributed by atoms with Crippen molar-refractivity contribution < 1.29 is 9.21 Å². The third-order valence-corrected chi connectivity index (χ3v) is 3.08. The highest BCUT2D eigenvalue weighted by atomic mass is 16.3. The van der Waals surface area contributed by atoms with Crippen molar-refractivity contribution in [1.82, 2.24) is 9.55 Å². The fourth-order valence-corrected chi connectivity index (χ4v) is 2.09. The van der Waals surface area contributed by atoms with E-state index in [2.05, 4.69) is 4.98 Å². The van der Waals surface area contributed by atoms with Crippen LogP contribution in [0.2, 0.25) is 0 Å². The highest BCUT2D eigenvalue weighted by molar-refractivity contribution is 5.97. The Bertz CT molecular complexity index is 794. The number of furan rings is 1. The third-order valence-electron chi connectivity index (χ3n) is 3.08. The molecular weight excluding hydrogens is 244 g/mol. The predicted molar refractivity (Wildman–Crippen MR) is 70.4 cm³/mol. The summed E-state index contributed by atoms with van der Waals surface area (Å²) in [5.41, 5.74) is 1.78. The summed E-state index contributed by atoms with van der Waals surface area (Å²) < 4.78 is 6.80. The number of H-pyrrole nitrogens is 1. The first kappa shape index (κ1) is 11.5. The monoisotopic (exact) mass is 256 g/mol. The number of aromatic amines is 1. The molecule has 0 aliphatic rings. The summed E-state index contributed by atoms with van der Waals surface area (Å²) in [6.45, 7) is 1.84. The van der Waals surface area contributed by atoms with Gasteiger partial charge in [0, 0.05) is 5.56 Å². The number of hydrogen-bond donors (Lipinski definition) is 1. The summed E-state index contributed by atoms with van der Waals surface area (Å²) in [5.74, 6) is 0.663. The fraction of sp³-hybridized carbons (Fsp3) is 0.143. The van der Waals surface area contributed by atoms with E-state index in [-0.39, 0.29) is 11.5 Å². The van der Waals surface area contributed by atoms with Crippen molar-refractivity contribution in [2.75, 3.05) is 0 Å². The van der Waals surface area contributed by atoms with Crippen LogP contribution in [-0.2, 0) is 6.54 Å². The number of carbonyl (C=O) groups is 1. The zero-order valence-corrected chi connectivity index (χ0v) is 10.3. The van der Waals surface area contributed by atoms with E-state index in [1.807, 2.05) is 0 Å². The van der Waals surface area contributed by atoms with Gasteiger partial charge in [0.05, 0.1) is 23.8 Å². The molecule has 0 atom stereocenters. The number of hydrogen-bond acceptors (Lipinski definition) is 3. The molecule has 3 aromatic rings. The Morgan fingerprint density at radius 1 is 1.37 bits per heavy atom. The molecule has 0 unspecified atom stereocenters. The molecule has 0 saturated carbocycles. The number of ketones is 1. The first-order chi connectivity index (χ1) is 9.15. The Balaban J connectivity index is 2.16. The smallest absolute Gasteiger partial charge is 0.326 e. The van der Waals surface area contributed by atoms with E-state index >= 15 is 0 Å². The van der Waals surface area contributed by atoms with Gasteiger partial charge in [-0.05, 0) is 37.3 Å². The van der Waals surface area contributed by atoms with Crippen LogP contribution in [0.5, 0.6) is 0 Å². The molecule has 1 N–H and O–H groups in total. The van der Waals surface area contributed by atoms with Gasteiger partial charge < -0.3 is 9.40 Å². The normalized spacial score (nSPS) is 11.0. The number of aromatic nitrogens is 2. The second-order valence-electron chi connectivity index (χ2n) is 4.38. The van der Waals surface area contributed by atoms with Crippen LogP contribution in [-0.4, -0.2) is 15.3 Å². The lowest BCUT2D eigenvalue weighted by Gasteiger charge is -2.02. The predicted octanol–water partition coefficient (Wildman–Crippen LogP) is 2.17. The van der Waals surface area contributed by atoms with Crippen molar-refractivity contribution in [3.63, 3.8) is 0 Å². The van der Waals surface area contributed by atoms with Gasteiger partial charge in [0.1, 0.15) is 5.76 Å². The van der Waals surface area contributed by atoms with Gasteiger partial charge in [-0.2, -0.15) is 0 Å². The number of imidazole rings is 1. The van der Waals surface area contributed by atoms with Gasteiger partial charge in [0.2, 0.25) is 0 Å². The van der Waals surface area contributed by atoms with Crippen LogP contribution < -0.4 is 5.69 Å². The van der Waals surface area contributed by atoms with Crippen LogP contribution in [0.25, 0.3) is 11.0 Å². The zero-order valence-electron chi connectivity index (χ0n) is 10.3. The third kappa shape index (κ3) is 1.99. The molecule has 3 rings (SSSR count). The summed E-state index contributed by atoms with van der Waals surface area (Å²) >= 11 is 0. The zero-order chi connectivity index (χ0) is 13.4. The lowest BCUT2D eigenvalue weighted by atomic mass is 10.1. The van der Waals surface area contributed by atoms with Crippen LogP contribution >= 0.6 is 0 Å². The van der Waals surface area contributed by atoms with Gasteiger partial charge in [0.15, 0.2) is 5.78 Å². The van der Waals surface area contributed by atoms with E-state index in [1.54, 1.807) is 41.2 Å². The number of nitrogens with zero attached hydrogens (tertiary/aromatic N) is 1. The second kappa shape index (κ2) is 4.28. The topological polar surface area (TPSA) is 68.0 Å². The Morgan fingerprint density at radius 3 is 2.89 bits per heavy atom. The van der Waals surface area contributed by atoms with Crippen LogP contribution in [0.4, 0.5) is 0 Å². The second-order valence-corrected chi connectivity index (χ2v) is 4.38. The molecule has 19 heavy (non-hydrogen) atoms. The first-order valence-corrected chi connectivity index (χ1v) is 5.91. The Kier molecular flexibility index (Phi) is 2.59. The molecule has 0 spiro atoms. The summed E-state index contributed by atoms with van der Waals surface area (Å²) in [4.78, 5) is 26.1. The summed E-state index contributed by atoms with van der Waals surface area (Å²) in [6.07, 6.45) is 1.57. The van der Waals surface area contributed by atoms with Crippen molar-refractivity contribution in [2.24, 2.45) is 0 Å². The molecule has 0 radical (unpaired) electrons. The minimum absolute atomic E-state index is 0.0277. The standard InChI is InChI=1S/C14H12N2O3/c1-9(17)10-4-5-12-13(7-10)16(14(18)15-12)8-11-3-2-6-19-11/h2-7H,8H2,1H3,(H,15,18). The molecule has 0 bridgehead atoms. The maximum atomic E-state index is 11.9. The fourth-order valence-electron chi connectivity index (χ4n) is 2.09. The number of fused-ring (bicyclic) bond motifs is 1. The number of nitrogens with one attached hydrogen (secondary N) is 1. The highest BCUT2D eigenvalue weighted by Crippen LogP contribution is 2.15. The number of benzene rings is 1. The molecule has 0 aliphatic heterocycles. The van der Waals surface area contributed by atoms with Crippen molar-refractivity contribution in [3.05, 3.63) is 58.4 Å². The molecule has 1 aromatic carbocycles. The maximum Gasteiger partial charge on any atom is 0.326 e. The minimum atomic E-state index is -0.216. The van der Waals surface area contributed by atoms with E-state index in [1.165, 1.54) is 6.92 Å². The largest absolute Gasteiger partial charge is 0.467 e. The van der Waals surface area contributed by atoms with E-state index in [0.717, 1.165) is 0 Å². The maximum absolute atomic E-state index is 11.9. The van der Waals surface area contributed by atoms with Crippen molar-refractivity contribution >= 4 is 16.8 Å². The molecule has 0 amide bonds. The molecule has 96 valence electrons. The Morgan fingerprint density at radius 2 is 2.21 bits per heavy atom. The lowest BCUT2D eigenvalue weighted by Crippen LogP contribution is -2.17. The van der Waals surface area contributed by atoms with Gasteiger partial charge in [-0.15, -0.1) is 0 Å². The van der Waals surface area contributed by atoms with Crippen LogP contribution in [0.3, 0.4) is 0 Å². The average Bonchev–Trinajstić information content (AvgIpc) is 2.98. The Labute approximate surface area is 108 Å².